The average molecular weight is 368 g/mol. The number of carbonyl (C=O) groups is 2. The summed E-state index contributed by atoms with van der Waals surface area (Å²) in [7, 11) is 0. The maximum absolute atomic E-state index is 13.1. The molecule has 1 heterocycles. The summed E-state index contributed by atoms with van der Waals surface area (Å²) in [6.45, 7) is 3.21. The molecule has 1 fully saturated rings. The molecule has 0 unspecified atom stereocenters. The van der Waals surface area contributed by atoms with Gasteiger partial charge in [0, 0.05) is 25.2 Å². The summed E-state index contributed by atoms with van der Waals surface area (Å²) in [4.78, 5) is 26.6. The molecule has 0 spiro atoms. The van der Waals surface area contributed by atoms with Crippen molar-refractivity contribution in [1.82, 2.24) is 4.90 Å². The third kappa shape index (κ3) is 4.94. The number of halogens is 1. The van der Waals surface area contributed by atoms with E-state index in [-0.39, 0.29) is 23.5 Å². The first-order valence-corrected chi connectivity index (χ1v) is 9.51. The lowest BCUT2D eigenvalue weighted by molar-refractivity contribution is -0.134. The Morgan fingerprint density at radius 2 is 1.93 bits per heavy atom. The molecule has 0 saturated carbocycles. The van der Waals surface area contributed by atoms with Crippen molar-refractivity contribution in [2.45, 2.75) is 32.6 Å². The first kappa shape index (κ1) is 19.1. The summed E-state index contributed by atoms with van der Waals surface area (Å²) >= 11 is 0. The van der Waals surface area contributed by atoms with Crippen LogP contribution < -0.4 is 5.32 Å². The van der Waals surface area contributed by atoms with Crippen molar-refractivity contribution in [2.75, 3.05) is 18.4 Å². The van der Waals surface area contributed by atoms with Crippen LogP contribution in [0.25, 0.3) is 11.1 Å². The molecular weight excluding hydrogens is 343 g/mol. The summed E-state index contributed by atoms with van der Waals surface area (Å²) in [6.07, 6.45) is 3.00. The van der Waals surface area contributed by atoms with Gasteiger partial charge in [0.15, 0.2) is 0 Å². The molecule has 27 heavy (non-hydrogen) atoms. The lowest BCUT2D eigenvalue weighted by atomic mass is 9.96. The van der Waals surface area contributed by atoms with Crippen LogP contribution in [0.5, 0.6) is 0 Å². The van der Waals surface area contributed by atoms with E-state index in [0.29, 0.717) is 18.7 Å². The summed E-state index contributed by atoms with van der Waals surface area (Å²) < 4.78 is 13.1. The van der Waals surface area contributed by atoms with Gasteiger partial charge < -0.3 is 10.2 Å². The van der Waals surface area contributed by atoms with Gasteiger partial charge in [0.25, 0.3) is 0 Å². The van der Waals surface area contributed by atoms with Crippen LogP contribution in [-0.4, -0.2) is 29.8 Å². The minimum atomic E-state index is -0.275. The van der Waals surface area contributed by atoms with Gasteiger partial charge >= 0.3 is 0 Å². The summed E-state index contributed by atoms with van der Waals surface area (Å²) in [5.41, 5.74) is 2.51. The van der Waals surface area contributed by atoms with Gasteiger partial charge in [-0.25, -0.2) is 4.39 Å². The fourth-order valence-corrected chi connectivity index (χ4v) is 3.45. The number of anilines is 1. The lowest BCUT2D eigenvalue weighted by Crippen LogP contribution is -2.43. The summed E-state index contributed by atoms with van der Waals surface area (Å²) in [5.74, 6) is -0.384. The van der Waals surface area contributed by atoms with E-state index in [1.807, 2.05) is 36.1 Å². The first-order valence-electron chi connectivity index (χ1n) is 9.51. The van der Waals surface area contributed by atoms with Crippen molar-refractivity contribution in [3.63, 3.8) is 0 Å². The molecular formula is C22H25FN2O2. The predicted molar refractivity (Wildman–Crippen MR) is 105 cm³/mol. The third-order valence-electron chi connectivity index (χ3n) is 4.92. The molecule has 3 rings (SSSR count). The Hall–Kier alpha value is -2.69. The first-order chi connectivity index (χ1) is 13.1. The van der Waals surface area contributed by atoms with Gasteiger partial charge in [-0.05, 0) is 54.7 Å². The number of rotatable bonds is 5. The Morgan fingerprint density at radius 3 is 2.67 bits per heavy atom. The van der Waals surface area contributed by atoms with E-state index in [4.69, 9.17) is 0 Å². The minimum Gasteiger partial charge on any atom is -0.342 e. The molecule has 1 N–H and O–H groups in total. The maximum atomic E-state index is 13.1. The van der Waals surface area contributed by atoms with E-state index in [1.54, 1.807) is 12.1 Å². The second kappa shape index (κ2) is 8.80. The molecule has 4 nitrogen and oxygen atoms in total. The zero-order valence-electron chi connectivity index (χ0n) is 15.6. The number of nitrogens with one attached hydrogen (secondary N) is 1. The molecule has 0 aromatic heterocycles. The molecule has 2 aromatic rings. The van der Waals surface area contributed by atoms with Crippen LogP contribution in [0.4, 0.5) is 10.1 Å². The van der Waals surface area contributed by atoms with Crippen LogP contribution in [0.2, 0.25) is 0 Å². The van der Waals surface area contributed by atoms with Gasteiger partial charge in [-0.1, -0.05) is 31.2 Å². The Bertz CT molecular complexity index is 804. The van der Waals surface area contributed by atoms with Gasteiger partial charge in [-0.2, -0.15) is 0 Å². The molecule has 2 aromatic carbocycles. The van der Waals surface area contributed by atoms with Gasteiger partial charge in [-0.3, -0.25) is 9.59 Å². The van der Waals surface area contributed by atoms with Crippen LogP contribution >= 0.6 is 0 Å². The zero-order chi connectivity index (χ0) is 19.2. The highest BCUT2D eigenvalue weighted by Gasteiger charge is 2.28. The van der Waals surface area contributed by atoms with Crippen LogP contribution in [0.1, 0.15) is 32.6 Å². The van der Waals surface area contributed by atoms with Crippen LogP contribution in [0, 0.1) is 11.7 Å². The molecule has 1 atom stereocenters. The Kier molecular flexibility index (Phi) is 6.22. The smallest absolute Gasteiger partial charge is 0.229 e. The van der Waals surface area contributed by atoms with Crippen LogP contribution in [-0.2, 0) is 9.59 Å². The highest BCUT2D eigenvalue weighted by atomic mass is 19.1. The van der Waals surface area contributed by atoms with Gasteiger partial charge in [0.2, 0.25) is 11.8 Å². The van der Waals surface area contributed by atoms with Gasteiger partial charge in [0.1, 0.15) is 5.82 Å². The van der Waals surface area contributed by atoms with E-state index in [0.717, 1.165) is 36.9 Å². The van der Waals surface area contributed by atoms with Gasteiger partial charge in [0.05, 0.1) is 5.92 Å². The van der Waals surface area contributed by atoms with Crippen LogP contribution in [0.15, 0.2) is 48.5 Å². The van der Waals surface area contributed by atoms with Crippen LogP contribution in [0.3, 0.4) is 0 Å². The molecule has 1 aliphatic heterocycles. The van der Waals surface area contributed by atoms with Gasteiger partial charge in [-0.15, -0.1) is 0 Å². The molecule has 5 heteroatoms. The number of amides is 2. The summed E-state index contributed by atoms with van der Waals surface area (Å²) in [5, 5.41) is 2.97. The predicted octanol–water partition coefficient (Wildman–Crippen LogP) is 4.47. The number of carbonyl (C=O) groups excluding carboxylic acids is 2. The fourth-order valence-electron chi connectivity index (χ4n) is 3.45. The van der Waals surface area contributed by atoms with E-state index in [1.165, 1.54) is 12.1 Å². The molecule has 0 aliphatic carbocycles. The standard InChI is InChI=1S/C22H25FN2O2/c1-2-5-21(26)25-13-4-7-18(15-25)22(27)24-20-8-3-6-17(14-20)16-9-11-19(23)12-10-16/h3,6,8-12,14,18H,2,4-5,7,13,15H2,1H3,(H,24,27)/t18-/m1/s1. The molecule has 142 valence electrons. The maximum Gasteiger partial charge on any atom is 0.229 e. The molecule has 0 bridgehead atoms. The highest BCUT2D eigenvalue weighted by Crippen LogP contribution is 2.24. The average Bonchev–Trinajstić information content (AvgIpc) is 2.69. The highest BCUT2D eigenvalue weighted by molar-refractivity contribution is 5.93. The SMILES string of the molecule is CCCC(=O)N1CCC[C@@H](C(=O)Nc2cccc(-c3ccc(F)cc3)c2)C1. The molecule has 1 saturated heterocycles. The Balaban J connectivity index is 1.66. The molecule has 0 radical (unpaired) electrons. The second-order valence-electron chi connectivity index (χ2n) is 7.01. The number of hydrogen-bond acceptors (Lipinski definition) is 2. The molecule has 2 amide bonds. The lowest BCUT2D eigenvalue weighted by Gasteiger charge is -2.32. The largest absolute Gasteiger partial charge is 0.342 e. The second-order valence-corrected chi connectivity index (χ2v) is 7.01. The zero-order valence-corrected chi connectivity index (χ0v) is 15.6. The number of nitrogens with zero attached hydrogens (tertiary/aromatic N) is 1. The Morgan fingerprint density at radius 1 is 1.15 bits per heavy atom. The van der Waals surface area contributed by atoms with Crippen molar-refractivity contribution in [1.29, 1.82) is 0 Å². The van der Waals surface area contributed by atoms with E-state index in [9.17, 15) is 14.0 Å². The number of piperidine rings is 1. The number of hydrogen-bond donors (Lipinski definition) is 1. The van der Waals surface area contributed by atoms with E-state index in [2.05, 4.69) is 5.32 Å². The van der Waals surface area contributed by atoms with E-state index < -0.39 is 0 Å². The fraction of sp³-hybridized carbons (Fsp3) is 0.364. The minimum absolute atomic E-state index is 0.0553. The van der Waals surface area contributed by atoms with E-state index >= 15 is 0 Å². The topological polar surface area (TPSA) is 49.4 Å². The van der Waals surface area contributed by atoms with Crippen molar-refractivity contribution in [3.05, 3.63) is 54.3 Å². The third-order valence-corrected chi connectivity index (χ3v) is 4.92. The number of likely N-dealkylation sites (tertiary alicyclic amines) is 1. The van der Waals surface area contributed by atoms with Crippen molar-refractivity contribution >= 4 is 17.5 Å². The van der Waals surface area contributed by atoms with Crippen molar-refractivity contribution in [3.8, 4) is 11.1 Å². The normalized spacial score (nSPS) is 16.8. The number of benzene rings is 2. The quantitative estimate of drug-likeness (QED) is 0.846. The van der Waals surface area contributed by atoms with Crippen molar-refractivity contribution < 1.29 is 14.0 Å². The molecule has 1 aliphatic rings. The van der Waals surface area contributed by atoms with Crippen molar-refractivity contribution in [2.24, 2.45) is 5.92 Å². The monoisotopic (exact) mass is 368 g/mol. The summed E-state index contributed by atoms with van der Waals surface area (Å²) in [6, 6.07) is 13.8. The Labute approximate surface area is 159 Å².